The van der Waals surface area contributed by atoms with E-state index in [0.29, 0.717) is 6.54 Å². The van der Waals surface area contributed by atoms with Gasteiger partial charge in [-0.2, -0.15) is 11.8 Å². The van der Waals surface area contributed by atoms with E-state index in [2.05, 4.69) is 29.6 Å². The van der Waals surface area contributed by atoms with E-state index in [1.165, 1.54) is 17.5 Å². The van der Waals surface area contributed by atoms with Crippen LogP contribution in [0.15, 0.2) is 24.3 Å². The Morgan fingerprint density at radius 3 is 2.87 bits per heavy atom. The van der Waals surface area contributed by atoms with Crippen LogP contribution < -0.4 is 5.32 Å². The van der Waals surface area contributed by atoms with Crippen molar-refractivity contribution in [2.75, 3.05) is 18.1 Å². The first-order valence-corrected chi connectivity index (χ1v) is 9.95. The molecule has 124 valence electrons. The van der Waals surface area contributed by atoms with Crippen LogP contribution in [0.4, 0.5) is 0 Å². The first-order valence-electron chi connectivity index (χ1n) is 8.79. The number of fused-ring (bicyclic) bond motifs is 2. The molecule has 23 heavy (non-hydrogen) atoms. The van der Waals surface area contributed by atoms with Gasteiger partial charge in [0.25, 0.3) is 0 Å². The summed E-state index contributed by atoms with van der Waals surface area (Å²) in [4.78, 5) is 12.6. The first kappa shape index (κ1) is 15.5. The predicted molar refractivity (Wildman–Crippen MR) is 93.7 cm³/mol. The molecule has 0 radical (unpaired) electrons. The maximum atomic E-state index is 12.6. The predicted octanol–water partition coefficient (Wildman–Crippen LogP) is 2.65. The van der Waals surface area contributed by atoms with E-state index in [9.17, 15) is 9.90 Å². The largest absolute Gasteiger partial charge is 0.388 e. The minimum Gasteiger partial charge on any atom is -0.388 e. The minimum atomic E-state index is -0.687. The van der Waals surface area contributed by atoms with Crippen molar-refractivity contribution in [2.24, 2.45) is 5.92 Å². The van der Waals surface area contributed by atoms with E-state index in [1.807, 2.05) is 11.8 Å². The van der Waals surface area contributed by atoms with E-state index < -0.39 is 5.60 Å². The Hall–Kier alpha value is -1.00. The van der Waals surface area contributed by atoms with Gasteiger partial charge < -0.3 is 10.4 Å². The van der Waals surface area contributed by atoms with E-state index in [1.54, 1.807) is 0 Å². The Kier molecular flexibility index (Phi) is 3.93. The summed E-state index contributed by atoms with van der Waals surface area (Å²) in [5.74, 6) is 2.24. The van der Waals surface area contributed by atoms with Crippen LogP contribution in [-0.2, 0) is 16.6 Å². The topological polar surface area (TPSA) is 49.3 Å². The van der Waals surface area contributed by atoms with Crippen LogP contribution in [0.1, 0.15) is 43.2 Å². The number of hydrogen-bond donors (Lipinski definition) is 2. The lowest BCUT2D eigenvalue weighted by atomic mass is 9.78. The van der Waals surface area contributed by atoms with Crippen LogP contribution in [0.2, 0.25) is 0 Å². The van der Waals surface area contributed by atoms with Crippen molar-refractivity contribution in [3.05, 3.63) is 35.4 Å². The van der Waals surface area contributed by atoms with Crippen molar-refractivity contribution in [3.63, 3.8) is 0 Å². The monoisotopic (exact) mass is 331 g/mol. The fourth-order valence-electron chi connectivity index (χ4n) is 4.48. The zero-order valence-electron chi connectivity index (χ0n) is 13.5. The van der Waals surface area contributed by atoms with Gasteiger partial charge in [-0.3, -0.25) is 4.79 Å². The summed E-state index contributed by atoms with van der Waals surface area (Å²) in [6, 6.07) is 8.63. The molecule has 1 saturated heterocycles. The van der Waals surface area contributed by atoms with Crippen LogP contribution in [0.5, 0.6) is 0 Å². The van der Waals surface area contributed by atoms with Gasteiger partial charge >= 0.3 is 0 Å². The molecule has 1 amide bonds. The van der Waals surface area contributed by atoms with Crippen molar-refractivity contribution in [1.29, 1.82) is 0 Å². The molecule has 2 aliphatic carbocycles. The molecular weight excluding hydrogens is 306 g/mol. The Morgan fingerprint density at radius 2 is 2.04 bits per heavy atom. The summed E-state index contributed by atoms with van der Waals surface area (Å²) in [6.45, 7) is 0.417. The molecule has 1 aromatic rings. The number of carbonyl (C=O) groups excluding carboxylic acids is 1. The Morgan fingerprint density at radius 1 is 1.26 bits per heavy atom. The van der Waals surface area contributed by atoms with Gasteiger partial charge in [-0.15, -0.1) is 0 Å². The van der Waals surface area contributed by atoms with Gasteiger partial charge in [0.15, 0.2) is 0 Å². The van der Waals surface area contributed by atoms with Gasteiger partial charge in [0.2, 0.25) is 5.91 Å². The molecular formula is C19H25NO2S. The first-order chi connectivity index (χ1) is 11.1. The van der Waals surface area contributed by atoms with Crippen molar-refractivity contribution in [1.82, 2.24) is 5.32 Å². The summed E-state index contributed by atoms with van der Waals surface area (Å²) in [5.41, 5.74) is 2.23. The van der Waals surface area contributed by atoms with Gasteiger partial charge in [0.05, 0.1) is 5.60 Å². The lowest BCUT2D eigenvalue weighted by Crippen LogP contribution is -2.46. The van der Waals surface area contributed by atoms with Crippen molar-refractivity contribution < 1.29 is 9.90 Å². The van der Waals surface area contributed by atoms with Gasteiger partial charge in [0.1, 0.15) is 0 Å². The SMILES string of the molecule is O=C(NCC1(O)CCSCC1)[C@@H]1C[C@]12CCCc1ccccc12. The molecule has 0 bridgehead atoms. The zero-order valence-corrected chi connectivity index (χ0v) is 14.3. The number of rotatable bonds is 3. The van der Waals surface area contributed by atoms with Gasteiger partial charge in [-0.05, 0) is 61.2 Å². The third kappa shape index (κ3) is 2.80. The number of aryl methyl sites for hydroxylation is 1. The summed E-state index contributed by atoms with van der Waals surface area (Å²) >= 11 is 1.89. The zero-order chi connectivity index (χ0) is 15.9. The maximum Gasteiger partial charge on any atom is 0.224 e. The molecule has 1 aliphatic heterocycles. The molecule has 0 unspecified atom stereocenters. The second-order valence-corrected chi connectivity index (χ2v) is 8.70. The van der Waals surface area contributed by atoms with Gasteiger partial charge in [0, 0.05) is 17.9 Å². The van der Waals surface area contributed by atoms with Crippen LogP contribution in [0, 0.1) is 5.92 Å². The summed E-state index contributed by atoms with van der Waals surface area (Å²) in [5, 5.41) is 13.6. The second-order valence-electron chi connectivity index (χ2n) is 7.48. The minimum absolute atomic E-state index is 0.0873. The summed E-state index contributed by atoms with van der Waals surface area (Å²) in [6.07, 6.45) is 6.01. The number of benzene rings is 1. The Balaban J connectivity index is 1.42. The normalized spacial score (nSPS) is 31.4. The third-order valence-corrected chi connectivity index (χ3v) is 7.02. The van der Waals surface area contributed by atoms with E-state index in [-0.39, 0.29) is 17.2 Å². The average Bonchev–Trinajstić information content (AvgIpc) is 3.29. The standard InChI is InChI=1S/C19H25NO2S/c21-17(20-13-18(22)8-10-23-11-9-18)16-12-19(16)7-3-5-14-4-1-2-6-15(14)19/h1-2,4,6,16,22H,3,5,7-13H2,(H,20,21)/t16-,19-/m0/s1. The summed E-state index contributed by atoms with van der Waals surface area (Å²) in [7, 11) is 0. The molecule has 1 saturated carbocycles. The fourth-order valence-corrected chi connectivity index (χ4v) is 5.73. The molecule has 2 fully saturated rings. The molecule has 2 N–H and O–H groups in total. The number of hydrogen-bond acceptors (Lipinski definition) is 3. The highest BCUT2D eigenvalue weighted by atomic mass is 32.2. The molecule has 3 aliphatic rings. The molecule has 4 heteroatoms. The van der Waals surface area contributed by atoms with Crippen molar-refractivity contribution in [3.8, 4) is 0 Å². The second kappa shape index (κ2) is 5.82. The lowest BCUT2D eigenvalue weighted by molar-refractivity contribution is -0.124. The average molecular weight is 331 g/mol. The lowest BCUT2D eigenvalue weighted by Gasteiger charge is -2.32. The van der Waals surface area contributed by atoms with Gasteiger partial charge in [-0.25, -0.2) is 0 Å². The molecule has 3 nitrogen and oxygen atoms in total. The highest BCUT2D eigenvalue weighted by molar-refractivity contribution is 7.99. The van der Waals surface area contributed by atoms with E-state index in [0.717, 1.165) is 43.6 Å². The quantitative estimate of drug-likeness (QED) is 0.895. The van der Waals surface area contributed by atoms with Crippen molar-refractivity contribution in [2.45, 2.75) is 49.5 Å². The fraction of sp³-hybridized carbons (Fsp3) is 0.632. The third-order valence-electron chi connectivity index (χ3n) is 6.03. The van der Waals surface area contributed by atoms with Crippen LogP contribution in [0.25, 0.3) is 0 Å². The Labute approximate surface area is 142 Å². The molecule has 2 atom stereocenters. The Bertz CT molecular complexity index is 611. The molecule has 0 aromatic heterocycles. The van der Waals surface area contributed by atoms with Crippen LogP contribution >= 0.6 is 11.8 Å². The molecule has 1 aromatic carbocycles. The molecule has 1 heterocycles. The van der Waals surface area contributed by atoms with Crippen molar-refractivity contribution >= 4 is 17.7 Å². The number of nitrogens with one attached hydrogen (secondary N) is 1. The summed E-state index contributed by atoms with van der Waals surface area (Å²) < 4.78 is 0. The highest BCUT2D eigenvalue weighted by Crippen LogP contribution is 2.60. The number of thioether (sulfide) groups is 1. The number of aliphatic hydroxyl groups is 1. The number of amides is 1. The van der Waals surface area contributed by atoms with Crippen LogP contribution in [0.3, 0.4) is 0 Å². The van der Waals surface area contributed by atoms with E-state index >= 15 is 0 Å². The maximum absolute atomic E-state index is 12.6. The highest BCUT2D eigenvalue weighted by Gasteiger charge is 2.60. The number of carbonyl (C=O) groups is 1. The van der Waals surface area contributed by atoms with Crippen LogP contribution in [-0.4, -0.2) is 34.7 Å². The molecule has 1 spiro atoms. The molecule has 4 rings (SSSR count). The van der Waals surface area contributed by atoms with Gasteiger partial charge in [-0.1, -0.05) is 24.3 Å². The smallest absolute Gasteiger partial charge is 0.224 e. The van der Waals surface area contributed by atoms with E-state index in [4.69, 9.17) is 0 Å².